The van der Waals surface area contributed by atoms with Crippen molar-refractivity contribution in [2.45, 2.75) is 18.9 Å². The van der Waals surface area contributed by atoms with Gasteiger partial charge in [-0.05, 0) is 36.6 Å². The minimum absolute atomic E-state index is 0.367. The van der Waals surface area contributed by atoms with Gasteiger partial charge in [0, 0.05) is 31.6 Å². The van der Waals surface area contributed by atoms with E-state index in [-0.39, 0.29) is 0 Å². The van der Waals surface area contributed by atoms with E-state index in [0.717, 1.165) is 55.2 Å². The zero-order valence-corrected chi connectivity index (χ0v) is 16.8. The Morgan fingerprint density at radius 2 is 2.10 bits per heavy atom. The molecule has 0 aliphatic carbocycles. The lowest BCUT2D eigenvalue weighted by Crippen LogP contribution is -2.19. The monoisotopic (exact) mass is 415 g/mol. The van der Waals surface area contributed by atoms with Crippen molar-refractivity contribution in [2.75, 3.05) is 30.4 Å². The molecule has 0 spiro atoms. The number of rotatable bonds is 4. The Labute approximate surface area is 178 Å². The van der Waals surface area contributed by atoms with Gasteiger partial charge in [0.25, 0.3) is 0 Å². The number of ether oxygens (including phenoxy) is 1. The van der Waals surface area contributed by atoms with E-state index in [0.29, 0.717) is 23.2 Å². The van der Waals surface area contributed by atoms with Crippen LogP contribution in [0.5, 0.6) is 0 Å². The summed E-state index contributed by atoms with van der Waals surface area (Å²) in [5, 5.41) is 19.6. The van der Waals surface area contributed by atoms with Gasteiger partial charge in [0.05, 0.1) is 29.8 Å². The number of aromatic nitrogens is 7. The highest BCUT2D eigenvalue weighted by atomic mass is 16.5. The number of hydrogen-bond donors (Lipinski definition) is 2. The highest BCUT2D eigenvalue weighted by Gasteiger charge is 2.17. The summed E-state index contributed by atoms with van der Waals surface area (Å²) in [6, 6.07) is 6.49. The van der Waals surface area contributed by atoms with Crippen molar-refractivity contribution in [3.63, 3.8) is 0 Å². The second-order valence-corrected chi connectivity index (χ2v) is 7.64. The molecule has 156 valence electrons. The standard InChI is InChI=1S/C21H21N9O/c1-2-14-10-17(3-4-18(14)22-7-1)30-20-19(27-28-30)12-23-21(26-20)25-15-11-24-29(13-15)16-5-8-31-9-6-16/h1-4,10-13,16,22H,5-9H2,(H,23,25,26). The van der Waals surface area contributed by atoms with E-state index < -0.39 is 0 Å². The lowest BCUT2D eigenvalue weighted by atomic mass is 10.1. The van der Waals surface area contributed by atoms with Crippen LogP contribution >= 0.6 is 0 Å². The molecule has 4 aromatic rings. The molecule has 1 fully saturated rings. The lowest BCUT2D eigenvalue weighted by Gasteiger charge is -2.22. The van der Waals surface area contributed by atoms with Crippen molar-refractivity contribution >= 4 is 34.6 Å². The summed E-state index contributed by atoms with van der Waals surface area (Å²) in [4.78, 5) is 9.05. The average Bonchev–Trinajstić information content (AvgIpc) is 3.46. The zero-order valence-electron chi connectivity index (χ0n) is 16.8. The SMILES string of the molecule is C1=Cc2cc(-n3nnc4cnc(Nc5cnn(C6CCOCC6)c5)nc43)ccc2NC1. The van der Waals surface area contributed by atoms with Gasteiger partial charge in [-0.15, -0.1) is 5.10 Å². The maximum absolute atomic E-state index is 5.44. The smallest absolute Gasteiger partial charge is 0.229 e. The van der Waals surface area contributed by atoms with E-state index in [2.05, 4.69) is 54.2 Å². The largest absolute Gasteiger partial charge is 0.381 e. The first-order chi connectivity index (χ1) is 15.3. The zero-order chi connectivity index (χ0) is 20.6. The van der Waals surface area contributed by atoms with Gasteiger partial charge in [-0.1, -0.05) is 17.4 Å². The van der Waals surface area contributed by atoms with Gasteiger partial charge in [0.2, 0.25) is 5.95 Å². The van der Waals surface area contributed by atoms with Crippen LogP contribution in [-0.4, -0.2) is 54.5 Å². The third kappa shape index (κ3) is 3.40. The van der Waals surface area contributed by atoms with E-state index >= 15 is 0 Å². The molecular formula is C21H21N9O. The van der Waals surface area contributed by atoms with Crippen molar-refractivity contribution in [2.24, 2.45) is 0 Å². The summed E-state index contributed by atoms with van der Waals surface area (Å²) < 4.78 is 9.16. The van der Waals surface area contributed by atoms with Gasteiger partial charge >= 0.3 is 0 Å². The molecule has 2 N–H and O–H groups in total. The van der Waals surface area contributed by atoms with Crippen LogP contribution in [-0.2, 0) is 4.74 Å². The normalized spacial score (nSPS) is 16.3. The van der Waals surface area contributed by atoms with E-state index in [9.17, 15) is 0 Å². The highest BCUT2D eigenvalue weighted by Crippen LogP contribution is 2.26. The van der Waals surface area contributed by atoms with Crippen LogP contribution in [0.2, 0.25) is 0 Å². The van der Waals surface area contributed by atoms with Gasteiger partial charge < -0.3 is 15.4 Å². The Morgan fingerprint density at radius 1 is 1.16 bits per heavy atom. The first-order valence-electron chi connectivity index (χ1n) is 10.4. The average molecular weight is 415 g/mol. The molecule has 2 aliphatic heterocycles. The molecule has 1 saturated heterocycles. The molecule has 3 aromatic heterocycles. The number of anilines is 3. The van der Waals surface area contributed by atoms with Gasteiger partial charge in [0.15, 0.2) is 11.2 Å². The third-order valence-corrected chi connectivity index (χ3v) is 5.60. The molecule has 0 radical (unpaired) electrons. The topological polar surface area (TPSA) is 108 Å². The van der Waals surface area contributed by atoms with Crippen LogP contribution in [0.25, 0.3) is 22.9 Å². The van der Waals surface area contributed by atoms with Crippen LogP contribution < -0.4 is 10.6 Å². The van der Waals surface area contributed by atoms with E-state index in [1.54, 1.807) is 17.1 Å². The van der Waals surface area contributed by atoms with E-state index in [1.807, 2.05) is 23.0 Å². The molecule has 2 aliphatic rings. The number of benzene rings is 1. The fraction of sp³-hybridized carbons (Fsp3) is 0.286. The van der Waals surface area contributed by atoms with Crippen LogP contribution in [0, 0.1) is 0 Å². The Morgan fingerprint density at radius 3 is 3.03 bits per heavy atom. The molecule has 31 heavy (non-hydrogen) atoms. The van der Waals surface area contributed by atoms with Gasteiger partial charge in [0.1, 0.15) is 0 Å². The predicted molar refractivity (Wildman–Crippen MR) is 117 cm³/mol. The highest BCUT2D eigenvalue weighted by molar-refractivity contribution is 5.75. The van der Waals surface area contributed by atoms with Crippen molar-refractivity contribution in [1.82, 2.24) is 34.7 Å². The summed E-state index contributed by atoms with van der Waals surface area (Å²) >= 11 is 0. The summed E-state index contributed by atoms with van der Waals surface area (Å²) in [6.07, 6.45) is 11.6. The van der Waals surface area contributed by atoms with Crippen LogP contribution in [0.1, 0.15) is 24.4 Å². The minimum Gasteiger partial charge on any atom is -0.381 e. The number of nitrogens with one attached hydrogen (secondary N) is 2. The summed E-state index contributed by atoms with van der Waals surface area (Å²) in [5.41, 5.74) is 5.23. The van der Waals surface area contributed by atoms with Crippen molar-refractivity contribution < 1.29 is 4.74 Å². The lowest BCUT2D eigenvalue weighted by molar-refractivity contribution is 0.0662. The Kier molecular flexibility index (Phi) is 4.34. The molecule has 5 heterocycles. The molecule has 0 unspecified atom stereocenters. The molecule has 1 aromatic carbocycles. The molecule has 0 atom stereocenters. The first-order valence-corrected chi connectivity index (χ1v) is 10.4. The molecule has 0 bridgehead atoms. The van der Waals surface area contributed by atoms with Gasteiger partial charge in [-0.3, -0.25) is 4.68 Å². The van der Waals surface area contributed by atoms with Gasteiger partial charge in [-0.2, -0.15) is 14.8 Å². The molecule has 6 rings (SSSR count). The second-order valence-electron chi connectivity index (χ2n) is 7.64. The van der Waals surface area contributed by atoms with E-state index in [1.165, 1.54) is 0 Å². The molecule has 10 nitrogen and oxygen atoms in total. The molecule has 0 saturated carbocycles. The van der Waals surface area contributed by atoms with Gasteiger partial charge in [-0.25, -0.2) is 4.98 Å². The quantitative estimate of drug-likeness (QED) is 0.524. The Balaban J connectivity index is 1.29. The summed E-state index contributed by atoms with van der Waals surface area (Å²) in [6.45, 7) is 2.39. The van der Waals surface area contributed by atoms with Crippen LogP contribution in [0.4, 0.5) is 17.3 Å². The minimum atomic E-state index is 0.367. The van der Waals surface area contributed by atoms with Crippen LogP contribution in [0.3, 0.4) is 0 Å². The predicted octanol–water partition coefficient (Wildman–Crippen LogP) is 2.94. The number of fused-ring (bicyclic) bond motifs is 2. The Bertz CT molecular complexity index is 1270. The fourth-order valence-corrected chi connectivity index (χ4v) is 3.98. The van der Waals surface area contributed by atoms with Crippen molar-refractivity contribution in [1.29, 1.82) is 0 Å². The number of hydrogen-bond acceptors (Lipinski definition) is 8. The van der Waals surface area contributed by atoms with Crippen molar-refractivity contribution in [3.8, 4) is 5.69 Å². The number of nitrogens with zero attached hydrogens (tertiary/aromatic N) is 7. The third-order valence-electron chi connectivity index (χ3n) is 5.60. The fourth-order valence-electron chi connectivity index (χ4n) is 3.98. The second kappa shape index (κ2) is 7.47. The molecular weight excluding hydrogens is 394 g/mol. The molecule has 10 heteroatoms. The maximum Gasteiger partial charge on any atom is 0.229 e. The first kappa shape index (κ1) is 18.0. The summed E-state index contributed by atoms with van der Waals surface area (Å²) in [5.74, 6) is 0.474. The Hall–Kier alpha value is -3.79. The van der Waals surface area contributed by atoms with Crippen molar-refractivity contribution in [3.05, 3.63) is 48.4 Å². The van der Waals surface area contributed by atoms with Crippen LogP contribution in [0.15, 0.2) is 42.9 Å². The van der Waals surface area contributed by atoms with E-state index in [4.69, 9.17) is 4.74 Å². The summed E-state index contributed by atoms with van der Waals surface area (Å²) in [7, 11) is 0. The maximum atomic E-state index is 5.44. The molecule has 0 amide bonds.